The maximum Gasteiger partial charge on any atom is 0.323 e. The maximum absolute atomic E-state index is 13.8. The lowest BCUT2D eigenvalue weighted by molar-refractivity contribution is -0.387. The number of nitro benzene ring substituents is 1. The SMILES string of the molecule is CCN(CC(=O)O)C(=O)c1cc(F)cc([N+](=O)[O-])c1F. The first-order chi connectivity index (χ1) is 9.27. The van der Waals surface area contributed by atoms with Gasteiger partial charge in [0, 0.05) is 6.54 Å². The van der Waals surface area contributed by atoms with E-state index in [2.05, 4.69) is 0 Å². The zero-order chi connectivity index (χ0) is 15.4. The summed E-state index contributed by atoms with van der Waals surface area (Å²) in [5.41, 5.74) is -2.06. The molecule has 1 aromatic rings. The Hall–Kier alpha value is -2.58. The fourth-order valence-electron chi connectivity index (χ4n) is 1.52. The van der Waals surface area contributed by atoms with Gasteiger partial charge in [-0.05, 0) is 13.0 Å². The first-order valence-electron chi connectivity index (χ1n) is 5.42. The number of hydrogen-bond acceptors (Lipinski definition) is 4. The predicted molar refractivity (Wildman–Crippen MR) is 62.2 cm³/mol. The summed E-state index contributed by atoms with van der Waals surface area (Å²) in [6.45, 7) is 0.639. The van der Waals surface area contributed by atoms with Crippen molar-refractivity contribution in [1.29, 1.82) is 0 Å². The molecule has 0 fully saturated rings. The number of rotatable bonds is 5. The van der Waals surface area contributed by atoms with Crippen molar-refractivity contribution in [3.63, 3.8) is 0 Å². The lowest BCUT2D eigenvalue weighted by atomic mass is 10.1. The number of carboxylic acids is 1. The van der Waals surface area contributed by atoms with E-state index in [-0.39, 0.29) is 6.54 Å². The molecule has 0 unspecified atom stereocenters. The molecule has 0 aromatic heterocycles. The van der Waals surface area contributed by atoms with E-state index in [4.69, 9.17) is 5.11 Å². The Balaban J connectivity index is 3.28. The summed E-state index contributed by atoms with van der Waals surface area (Å²) in [5.74, 6) is -5.13. The minimum Gasteiger partial charge on any atom is -0.480 e. The van der Waals surface area contributed by atoms with Gasteiger partial charge in [0.25, 0.3) is 5.91 Å². The van der Waals surface area contributed by atoms with Gasteiger partial charge in [-0.15, -0.1) is 0 Å². The molecule has 0 aliphatic carbocycles. The molecule has 0 aliphatic heterocycles. The molecule has 0 atom stereocenters. The van der Waals surface area contributed by atoms with E-state index in [9.17, 15) is 28.5 Å². The average Bonchev–Trinajstić information content (AvgIpc) is 2.36. The second-order valence-electron chi connectivity index (χ2n) is 3.76. The Morgan fingerprint density at radius 2 is 2.00 bits per heavy atom. The minimum absolute atomic E-state index is 0.0745. The average molecular weight is 288 g/mol. The molecule has 1 amide bonds. The summed E-state index contributed by atoms with van der Waals surface area (Å²) in [6.07, 6.45) is 0. The monoisotopic (exact) mass is 288 g/mol. The number of amides is 1. The van der Waals surface area contributed by atoms with E-state index in [1.165, 1.54) is 6.92 Å². The Morgan fingerprint density at radius 3 is 2.45 bits per heavy atom. The number of aliphatic carboxylic acids is 1. The second-order valence-corrected chi connectivity index (χ2v) is 3.76. The molecule has 0 saturated carbocycles. The quantitative estimate of drug-likeness (QED) is 0.652. The highest BCUT2D eigenvalue weighted by Gasteiger charge is 2.27. The van der Waals surface area contributed by atoms with E-state index in [1.54, 1.807) is 0 Å². The lowest BCUT2D eigenvalue weighted by Crippen LogP contribution is -2.36. The van der Waals surface area contributed by atoms with Crippen LogP contribution in [0.25, 0.3) is 0 Å². The van der Waals surface area contributed by atoms with Crippen LogP contribution < -0.4 is 0 Å². The van der Waals surface area contributed by atoms with E-state index in [0.29, 0.717) is 12.1 Å². The van der Waals surface area contributed by atoms with Crippen LogP contribution in [0.3, 0.4) is 0 Å². The molecule has 0 radical (unpaired) electrons. The molecule has 20 heavy (non-hydrogen) atoms. The van der Waals surface area contributed by atoms with Gasteiger partial charge < -0.3 is 10.0 Å². The van der Waals surface area contributed by atoms with Crippen LogP contribution in [-0.4, -0.2) is 39.9 Å². The number of nitro groups is 1. The molecule has 0 spiro atoms. The van der Waals surface area contributed by atoms with Crippen molar-refractivity contribution in [2.45, 2.75) is 6.92 Å². The first kappa shape index (κ1) is 15.5. The topological polar surface area (TPSA) is 101 Å². The van der Waals surface area contributed by atoms with Crippen molar-refractivity contribution in [3.05, 3.63) is 39.4 Å². The number of likely N-dealkylation sites (N-methyl/N-ethyl adjacent to an activating group) is 1. The number of halogens is 2. The molecular weight excluding hydrogens is 278 g/mol. The zero-order valence-corrected chi connectivity index (χ0v) is 10.3. The van der Waals surface area contributed by atoms with Gasteiger partial charge in [-0.3, -0.25) is 19.7 Å². The number of benzene rings is 1. The Kier molecular flexibility index (Phi) is 4.68. The van der Waals surface area contributed by atoms with Crippen molar-refractivity contribution < 1.29 is 28.4 Å². The van der Waals surface area contributed by atoms with Crippen molar-refractivity contribution in [2.24, 2.45) is 0 Å². The van der Waals surface area contributed by atoms with Crippen LogP contribution in [0.5, 0.6) is 0 Å². The number of hydrogen-bond donors (Lipinski definition) is 1. The minimum atomic E-state index is -1.50. The van der Waals surface area contributed by atoms with Crippen LogP contribution in [0, 0.1) is 21.7 Å². The number of nitrogens with zero attached hydrogens (tertiary/aromatic N) is 2. The normalized spacial score (nSPS) is 10.2. The Bertz CT molecular complexity index is 576. The molecule has 108 valence electrons. The molecule has 0 aliphatic rings. The summed E-state index contributed by atoms with van der Waals surface area (Å²) in [4.78, 5) is 32.6. The maximum atomic E-state index is 13.8. The van der Waals surface area contributed by atoms with Gasteiger partial charge >= 0.3 is 11.7 Å². The highest BCUT2D eigenvalue weighted by Crippen LogP contribution is 2.23. The van der Waals surface area contributed by atoms with Gasteiger partial charge in [0.15, 0.2) is 0 Å². The number of carbonyl (C=O) groups excluding carboxylic acids is 1. The van der Waals surface area contributed by atoms with Crippen LogP contribution in [0.15, 0.2) is 12.1 Å². The standard InChI is InChI=1S/C11H10F2N2O5/c1-2-14(5-9(16)17)11(18)7-3-6(12)4-8(10(7)13)15(19)20/h3-4H,2,5H2,1H3,(H,16,17). The fraction of sp³-hybridized carbons (Fsp3) is 0.273. The molecule has 0 saturated heterocycles. The van der Waals surface area contributed by atoms with Crippen LogP contribution in [0.4, 0.5) is 14.5 Å². The second kappa shape index (κ2) is 6.04. The summed E-state index contributed by atoms with van der Waals surface area (Å²) in [5, 5.41) is 19.2. The number of carboxylic acid groups (broad SMARTS) is 1. The van der Waals surface area contributed by atoms with E-state index in [0.717, 1.165) is 4.90 Å². The van der Waals surface area contributed by atoms with Crippen molar-refractivity contribution in [3.8, 4) is 0 Å². The van der Waals surface area contributed by atoms with Crippen molar-refractivity contribution in [2.75, 3.05) is 13.1 Å². The van der Waals surface area contributed by atoms with Crippen LogP contribution in [0.1, 0.15) is 17.3 Å². The van der Waals surface area contributed by atoms with Gasteiger partial charge in [-0.2, -0.15) is 4.39 Å². The van der Waals surface area contributed by atoms with Gasteiger partial charge in [-0.25, -0.2) is 4.39 Å². The Morgan fingerprint density at radius 1 is 1.40 bits per heavy atom. The molecule has 0 bridgehead atoms. The summed E-state index contributed by atoms with van der Waals surface area (Å²) < 4.78 is 27.0. The first-order valence-corrected chi connectivity index (χ1v) is 5.42. The molecule has 7 nitrogen and oxygen atoms in total. The fourth-order valence-corrected chi connectivity index (χ4v) is 1.52. The molecule has 1 N–H and O–H groups in total. The lowest BCUT2D eigenvalue weighted by Gasteiger charge is -2.18. The highest BCUT2D eigenvalue weighted by molar-refractivity contribution is 5.96. The van der Waals surface area contributed by atoms with Gasteiger partial charge in [-0.1, -0.05) is 0 Å². The van der Waals surface area contributed by atoms with Crippen LogP contribution >= 0.6 is 0 Å². The van der Waals surface area contributed by atoms with Crippen LogP contribution in [-0.2, 0) is 4.79 Å². The van der Waals surface area contributed by atoms with Gasteiger partial charge in [0.2, 0.25) is 5.82 Å². The van der Waals surface area contributed by atoms with E-state index >= 15 is 0 Å². The van der Waals surface area contributed by atoms with Gasteiger partial charge in [0.1, 0.15) is 12.4 Å². The molecule has 0 heterocycles. The smallest absolute Gasteiger partial charge is 0.323 e. The van der Waals surface area contributed by atoms with Crippen molar-refractivity contribution >= 4 is 17.6 Å². The van der Waals surface area contributed by atoms with Crippen molar-refractivity contribution in [1.82, 2.24) is 4.90 Å². The third-order valence-corrected chi connectivity index (χ3v) is 2.44. The number of carbonyl (C=O) groups is 2. The molecule has 9 heteroatoms. The Labute approximate surface area is 111 Å². The predicted octanol–water partition coefficient (Wildman–Crippen LogP) is 1.42. The third kappa shape index (κ3) is 3.25. The summed E-state index contributed by atoms with van der Waals surface area (Å²) >= 11 is 0. The summed E-state index contributed by atoms with van der Waals surface area (Å²) in [7, 11) is 0. The van der Waals surface area contributed by atoms with E-state index in [1.807, 2.05) is 0 Å². The zero-order valence-electron chi connectivity index (χ0n) is 10.3. The third-order valence-electron chi connectivity index (χ3n) is 2.44. The van der Waals surface area contributed by atoms with Crippen LogP contribution in [0.2, 0.25) is 0 Å². The highest BCUT2D eigenvalue weighted by atomic mass is 19.1. The summed E-state index contributed by atoms with van der Waals surface area (Å²) in [6, 6.07) is 0.842. The van der Waals surface area contributed by atoms with Gasteiger partial charge in [0.05, 0.1) is 16.6 Å². The van der Waals surface area contributed by atoms with E-state index < -0.39 is 46.2 Å². The molecule has 1 rings (SSSR count). The molecule has 1 aromatic carbocycles. The molecular formula is C11H10F2N2O5. The largest absolute Gasteiger partial charge is 0.480 e.